The predicted octanol–water partition coefficient (Wildman–Crippen LogP) is 8.37. The van der Waals surface area contributed by atoms with E-state index in [1.807, 2.05) is 19.9 Å². The number of urea groups is 1. The quantitative estimate of drug-likeness (QED) is 0.307. The molecule has 31 heavy (non-hydrogen) atoms. The number of rotatable bonds is 11. The second kappa shape index (κ2) is 18.6. The Labute approximate surface area is 200 Å². The number of nitrogens with one attached hydrogen (secondary N) is 1. The van der Waals surface area contributed by atoms with Crippen molar-refractivity contribution >= 4 is 35.2 Å². The average molecular weight is 473 g/mol. The molecule has 0 radical (unpaired) electrons. The Hall–Kier alpha value is -0.940. The van der Waals surface area contributed by atoms with Gasteiger partial charge < -0.3 is 15.0 Å². The van der Waals surface area contributed by atoms with Crippen LogP contribution in [0, 0.1) is 0 Å². The van der Waals surface area contributed by atoms with Gasteiger partial charge in [0.1, 0.15) is 5.78 Å². The van der Waals surface area contributed by atoms with Crippen LogP contribution in [0.2, 0.25) is 0 Å². The molecule has 1 saturated carbocycles. The summed E-state index contributed by atoms with van der Waals surface area (Å²) in [6, 6.07) is 0.658. The molecule has 1 N–H and O–H groups in total. The van der Waals surface area contributed by atoms with Gasteiger partial charge in [0.25, 0.3) is 0 Å². The van der Waals surface area contributed by atoms with E-state index in [1.165, 1.54) is 37.4 Å². The van der Waals surface area contributed by atoms with E-state index in [9.17, 15) is 9.59 Å². The largest absolute Gasteiger partial charge is 0.322 e. The van der Waals surface area contributed by atoms with Crippen LogP contribution in [-0.2, 0) is 4.79 Å². The van der Waals surface area contributed by atoms with Crippen molar-refractivity contribution in [1.82, 2.24) is 10.2 Å². The van der Waals surface area contributed by atoms with E-state index in [0.29, 0.717) is 21.5 Å². The molecule has 0 saturated heterocycles. The third kappa shape index (κ3) is 13.9. The summed E-state index contributed by atoms with van der Waals surface area (Å²) in [6.07, 6.45) is 15.1. The zero-order valence-corrected chi connectivity index (χ0v) is 22.0. The number of nitrogens with zero attached hydrogens (tertiary/aromatic N) is 1. The van der Waals surface area contributed by atoms with E-state index < -0.39 is 0 Å². The van der Waals surface area contributed by atoms with E-state index in [0.717, 1.165) is 51.4 Å². The van der Waals surface area contributed by atoms with Gasteiger partial charge in [0.05, 0.1) is 9.39 Å². The minimum Gasteiger partial charge on any atom is -0.319 e. The van der Waals surface area contributed by atoms with Crippen molar-refractivity contribution in [3.05, 3.63) is 22.0 Å². The lowest BCUT2D eigenvalue weighted by molar-refractivity contribution is -0.117. The summed E-state index contributed by atoms with van der Waals surface area (Å²) in [5.74, 6) is 0.289. The topological polar surface area (TPSA) is 49.4 Å². The third-order valence-electron chi connectivity index (χ3n) is 5.39. The Balaban J connectivity index is 0.00000131. The van der Waals surface area contributed by atoms with E-state index >= 15 is 0 Å². The second-order valence-electron chi connectivity index (χ2n) is 8.28. The smallest absolute Gasteiger partial charge is 0.319 e. The minimum atomic E-state index is -0.00290. The van der Waals surface area contributed by atoms with Gasteiger partial charge in [-0.25, -0.2) is 4.79 Å². The number of hydrogen-bond acceptors (Lipinski definition) is 3. The Morgan fingerprint density at radius 3 is 2.03 bits per heavy atom. The second-order valence-corrected chi connectivity index (χ2v) is 10.1. The highest BCUT2D eigenvalue weighted by Crippen LogP contribution is 2.29. The Morgan fingerprint density at radius 2 is 1.65 bits per heavy atom. The Kier molecular flexibility index (Phi) is 18.0. The van der Waals surface area contributed by atoms with Crippen LogP contribution in [0.1, 0.15) is 112 Å². The number of thioether (sulfide) groups is 1. The molecule has 6 heteroatoms. The SMILES string of the molecule is C=C(NC(=O)N(C(CCC)CCC)C1CCCCCC1)S/C(Cl)=C\C.CCCC(C)=O. The summed E-state index contributed by atoms with van der Waals surface area (Å²) >= 11 is 7.36. The summed E-state index contributed by atoms with van der Waals surface area (Å²) in [6.45, 7) is 13.9. The number of hydrogen-bond donors (Lipinski definition) is 1. The lowest BCUT2D eigenvalue weighted by Crippen LogP contribution is -2.51. The third-order valence-corrected chi connectivity index (χ3v) is 6.61. The average Bonchev–Trinajstić information content (AvgIpc) is 2.98. The molecule has 1 fully saturated rings. The fourth-order valence-electron chi connectivity index (χ4n) is 3.99. The maximum absolute atomic E-state index is 13.1. The van der Waals surface area contributed by atoms with Gasteiger partial charge in [-0.2, -0.15) is 0 Å². The van der Waals surface area contributed by atoms with Crippen molar-refractivity contribution in [2.24, 2.45) is 0 Å². The molecule has 0 aromatic heterocycles. The highest BCUT2D eigenvalue weighted by Gasteiger charge is 2.30. The zero-order valence-electron chi connectivity index (χ0n) is 20.5. The van der Waals surface area contributed by atoms with E-state index in [2.05, 4.69) is 30.6 Å². The number of allylic oxidation sites excluding steroid dienone is 1. The van der Waals surface area contributed by atoms with Crippen LogP contribution in [0.4, 0.5) is 4.79 Å². The van der Waals surface area contributed by atoms with E-state index in [-0.39, 0.29) is 11.8 Å². The molecule has 0 unspecified atom stereocenters. The molecule has 1 aliphatic rings. The predicted molar refractivity (Wildman–Crippen MR) is 137 cm³/mol. The fraction of sp³-hybridized carbons (Fsp3) is 0.760. The molecular formula is C25H45ClN2O2S. The first-order chi connectivity index (χ1) is 14.8. The summed E-state index contributed by atoms with van der Waals surface area (Å²) in [5, 5.41) is 3.59. The van der Waals surface area contributed by atoms with Crippen LogP contribution in [0.25, 0.3) is 0 Å². The van der Waals surface area contributed by atoms with Crippen molar-refractivity contribution in [2.75, 3.05) is 0 Å². The van der Waals surface area contributed by atoms with Crippen molar-refractivity contribution < 1.29 is 9.59 Å². The van der Waals surface area contributed by atoms with Gasteiger partial charge in [0.2, 0.25) is 0 Å². The first-order valence-electron chi connectivity index (χ1n) is 12.1. The lowest BCUT2D eigenvalue weighted by Gasteiger charge is -2.38. The maximum atomic E-state index is 13.1. The first-order valence-corrected chi connectivity index (χ1v) is 13.3. The standard InChI is InChI=1S/C20H35ClN2OS.C5H10O/c1-5-12-17(13-6-2)23(18-14-10-8-9-11-15-18)20(24)22-16(4)25-19(21)7-3;1-3-4-5(2)6/h7,17-18H,4-6,8-15H2,1-3H3,(H,22,24);3-4H2,1-2H3/b19-7-;. The van der Waals surface area contributed by atoms with Crippen molar-refractivity contribution in [2.45, 2.75) is 124 Å². The van der Waals surface area contributed by atoms with Gasteiger partial charge in [-0.3, -0.25) is 0 Å². The maximum Gasteiger partial charge on any atom is 0.322 e. The van der Waals surface area contributed by atoms with E-state index in [4.69, 9.17) is 11.6 Å². The van der Waals surface area contributed by atoms with Crippen LogP contribution in [0.15, 0.2) is 22.0 Å². The number of amides is 2. The molecule has 0 aromatic rings. The molecule has 0 atom stereocenters. The summed E-state index contributed by atoms with van der Waals surface area (Å²) in [7, 11) is 0. The molecule has 180 valence electrons. The zero-order chi connectivity index (χ0) is 23.6. The number of carbonyl (C=O) groups is 2. The molecule has 0 heterocycles. The number of carbonyl (C=O) groups excluding carboxylic acids is 2. The van der Waals surface area contributed by atoms with Gasteiger partial charge in [-0.15, -0.1) is 0 Å². The molecule has 4 nitrogen and oxygen atoms in total. The molecular weight excluding hydrogens is 428 g/mol. The van der Waals surface area contributed by atoms with Gasteiger partial charge in [-0.1, -0.05) is 95.3 Å². The van der Waals surface area contributed by atoms with Crippen LogP contribution >= 0.6 is 23.4 Å². The number of halogens is 1. The highest BCUT2D eigenvalue weighted by atomic mass is 35.5. The number of Topliss-reactive ketones (excluding diaryl/α,β-unsaturated/α-hetero) is 1. The lowest BCUT2D eigenvalue weighted by atomic mass is 9.99. The molecule has 0 spiro atoms. The molecule has 0 aromatic carbocycles. The molecule has 0 bridgehead atoms. The minimum absolute atomic E-state index is 0.00290. The monoisotopic (exact) mass is 472 g/mol. The first kappa shape index (κ1) is 30.1. The molecule has 1 aliphatic carbocycles. The number of ketones is 1. The Morgan fingerprint density at radius 1 is 1.10 bits per heavy atom. The molecule has 2 amide bonds. The summed E-state index contributed by atoms with van der Waals surface area (Å²) in [5.41, 5.74) is 0. The summed E-state index contributed by atoms with van der Waals surface area (Å²) < 4.78 is 0.630. The van der Waals surface area contributed by atoms with Crippen LogP contribution < -0.4 is 5.32 Å². The van der Waals surface area contributed by atoms with Crippen molar-refractivity contribution in [3.8, 4) is 0 Å². The summed E-state index contributed by atoms with van der Waals surface area (Å²) in [4.78, 5) is 25.3. The molecule has 0 aliphatic heterocycles. The van der Waals surface area contributed by atoms with Crippen LogP contribution in [0.3, 0.4) is 0 Å². The van der Waals surface area contributed by atoms with Crippen molar-refractivity contribution in [1.29, 1.82) is 0 Å². The van der Waals surface area contributed by atoms with Crippen LogP contribution in [0.5, 0.6) is 0 Å². The van der Waals surface area contributed by atoms with E-state index in [1.54, 1.807) is 6.92 Å². The normalized spacial score (nSPS) is 15.0. The van der Waals surface area contributed by atoms with Crippen molar-refractivity contribution in [3.63, 3.8) is 0 Å². The highest BCUT2D eigenvalue weighted by molar-refractivity contribution is 8.08. The van der Waals surface area contributed by atoms with Gasteiger partial charge >= 0.3 is 6.03 Å². The Bertz CT molecular complexity index is 550. The van der Waals surface area contributed by atoms with Gasteiger partial charge in [0.15, 0.2) is 0 Å². The molecule has 1 rings (SSSR count). The van der Waals surface area contributed by atoms with Gasteiger partial charge in [-0.05, 0) is 46.0 Å². The fourth-order valence-corrected chi connectivity index (χ4v) is 4.76. The van der Waals surface area contributed by atoms with Crippen LogP contribution in [-0.4, -0.2) is 28.8 Å². The van der Waals surface area contributed by atoms with Gasteiger partial charge in [0, 0.05) is 18.5 Å².